The van der Waals surface area contributed by atoms with Crippen molar-refractivity contribution in [3.63, 3.8) is 0 Å². The molecule has 2 N–H and O–H groups in total. The number of allylic oxidation sites excluding steroid dienone is 1. The molecule has 0 saturated heterocycles. The van der Waals surface area contributed by atoms with Gasteiger partial charge < -0.3 is 10.4 Å². The number of benzene rings is 1. The Bertz CT molecular complexity index is 767. The molecular formula is C15H12ClN3O2S. The molecule has 0 fully saturated rings. The molecule has 2 heterocycles. The number of aliphatic carboxylic acids is 1. The lowest BCUT2D eigenvalue weighted by atomic mass is 9.96. The van der Waals surface area contributed by atoms with Gasteiger partial charge in [0, 0.05) is 16.1 Å². The molecule has 0 aliphatic carbocycles. The van der Waals surface area contributed by atoms with Crippen molar-refractivity contribution in [2.24, 2.45) is 4.99 Å². The van der Waals surface area contributed by atoms with E-state index < -0.39 is 12.0 Å². The average Bonchev–Trinajstić information content (AvgIpc) is 3.01. The van der Waals surface area contributed by atoms with E-state index in [1.54, 1.807) is 36.7 Å². The maximum atomic E-state index is 11.6. The van der Waals surface area contributed by atoms with Crippen molar-refractivity contribution in [2.75, 3.05) is 0 Å². The number of carboxylic acids is 1. The van der Waals surface area contributed by atoms with Gasteiger partial charge in [-0.2, -0.15) is 0 Å². The van der Waals surface area contributed by atoms with E-state index >= 15 is 0 Å². The Kier molecular flexibility index (Phi) is 3.96. The highest BCUT2D eigenvalue weighted by atomic mass is 35.5. The van der Waals surface area contributed by atoms with E-state index in [0.29, 0.717) is 22.2 Å². The van der Waals surface area contributed by atoms with E-state index in [-0.39, 0.29) is 5.57 Å². The topological polar surface area (TPSA) is 74.6 Å². The third kappa shape index (κ3) is 2.75. The number of nitrogens with zero attached hydrogens (tertiary/aromatic N) is 2. The van der Waals surface area contributed by atoms with Crippen LogP contribution in [0, 0.1) is 0 Å². The first-order valence-corrected chi connectivity index (χ1v) is 7.81. The maximum absolute atomic E-state index is 11.6. The second-order valence-electron chi connectivity index (χ2n) is 4.77. The number of hydrogen-bond acceptors (Lipinski definition) is 5. The third-order valence-electron chi connectivity index (χ3n) is 3.33. The van der Waals surface area contributed by atoms with Gasteiger partial charge in [-0.3, -0.25) is 4.99 Å². The molecule has 0 amide bonds. The number of amidine groups is 1. The van der Waals surface area contributed by atoms with Crippen molar-refractivity contribution < 1.29 is 9.90 Å². The number of nitrogens with one attached hydrogen (secondary N) is 1. The van der Waals surface area contributed by atoms with Crippen molar-refractivity contribution >= 4 is 34.7 Å². The second-order valence-corrected chi connectivity index (χ2v) is 5.93. The van der Waals surface area contributed by atoms with Crippen LogP contribution in [0.2, 0.25) is 5.02 Å². The second kappa shape index (κ2) is 5.90. The van der Waals surface area contributed by atoms with Gasteiger partial charge in [-0.05, 0) is 24.6 Å². The number of carboxylic acid groups (broad SMARTS) is 1. The summed E-state index contributed by atoms with van der Waals surface area (Å²) in [4.78, 5) is 20.4. The van der Waals surface area contributed by atoms with Crippen molar-refractivity contribution in [1.82, 2.24) is 10.3 Å². The van der Waals surface area contributed by atoms with Gasteiger partial charge in [0.05, 0.1) is 11.1 Å². The molecule has 1 unspecified atom stereocenters. The van der Waals surface area contributed by atoms with E-state index in [4.69, 9.17) is 11.6 Å². The molecule has 0 radical (unpaired) electrons. The molecule has 2 aromatic rings. The number of aliphatic imine (C=N–C) groups is 1. The van der Waals surface area contributed by atoms with Gasteiger partial charge in [-0.1, -0.05) is 23.7 Å². The van der Waals surface area contributed by atoms with E-state index in [1.165, 1.54) is 11.3 Å². The minimum Gasteiger partial charge on any atom is -0.478 e. The highest BCUT2D eigenvalue weighted by molar-refractivity contribution is 7.07. The van der Waals surface area contributed by atoms with Crippen molar-refractivity contribution in [2.45, 2.75) is 13.0 Å². The quantitative estimate of drug-likeness (QED) is 0.904. The molecule has 7 heteroatoms. The van der Waals surface area contributed by atoms with Crippen LogP contribution in [-0.2, 0) is 4.79 Å². The fourth-order valence-electron chi connectivity index (χ4n) is 2.30. The lowest BCUT2D eigenvalue weighted by Crippen LogP contribution is -2.32. The van der Waals surface area contributed by atoms with Crippen molar-refractivity contribution in [1.29, 1.82) is 0 Å². The summed E-state index contributed by atoms with van der Waals surface area (Å²) in [6, 6.07) is 6.44. The first-order chi connectivity index (χ1) is 10.6. The van der Waals surface area contributed by atoms with E-state index in [0.717, 1.165) is 5.56 Å². The van der Waals surface area contributed by atoms with Gasteiger partial charge in [0.2, 0.25) is 0 Å². The molecule has 1 aliphatic rings. The predicted molar refractivity (Wildman–Crippen MR) is 86.3 cm³/mol. The SMILES string of the molecule is CC1=C(C(=O)O)C(c2ccc(Cl)cc2)N=C(c2cscn2)N1. The van der Waals surface area contributed by atoms with E-state index in [2.05, 4.69) is 15.3 Å². The highest BCUT2D eigenvalue weighted by Crippen LogP contribution is 2.32. The first kappa shape index (κ1) is 14.7. The smallest absolute Gasteiger partial charge is 0.335 e. The highest BCUT2D eigenvalue weighted by Gasteiger charge is 2.29. The molecule has 112 valence electrons. The van der Waals surface area contributed by atoms with Gasteiger partial charge >= 0.3 is 5.97 Å². The summed E-state index contributed by atoms with van der Waals surface area (Å²) in [5.74, 6) is -0.422. The molecule has 5 nitrogen and oxygen atoms in total. The number of aromatic nitrogens is 1. The maximum Gasteiger partial charge on any atom is 0.335 e. The van der Waals surface area contributed by atoms with Crippen LogP contribution in [0.5, 0.6) is 0 Å². The summed E-state index contributed by atoms with van der Waals surface area (Å²) >= 11 is 7.36. The number of carbonyl (C=O) groups is 1. The van der Waals surface area contributed by atoms with Gasteiger partial charge in [0.15, 0.2) is 5.84 Å². The Balaban J connectivity index is 2.09. The third-order valence-corrected chi connectivity index (χ3v) is 4.17. The van der Waals surface area contributed by atoms with Crippen LogP contribution in [0.15, 0.2) is 51.4 Å². The van der Waals surface area contributed by atoms with Crippen LogP contribution in [0.3, 0.4) is 0 Å². The van der Waals surface area contributed by atoms with Gasteiger partial charge in [-0.25, -0.2) is 9.78 Å². The molecule has 22 heavy (non-hydrogen) atoms. The Morgan fingerprint density at radius 1 is 1.36 bits per heavy atom. The number of thiazole rings is 1. The summed E-state index contributed by atoms with van der Waals surface area (Å²) in [5.41, 5.74) is 3.97. The lowest BCUT2D eigenvalue weighted by Gasteiger charge is -2.24. The zero-order chi connectivity index (χ0) is 15.7. The predicted octanol–water partition coefficient (Wildman–Crippen LogP) is 3.25. The molecular weight excluding hydrogens is 322 g/mol. The molecule has 1 aromatic heterocycles. The molecule has 1 aromatic carbocycles. The zero-order valence-electron chi connectivity index (χ0n) is 11.6. The standard InChI is InChI=1S/C15H12ClN3O2S/c1-8-12(15(20)21)13(9-2-4-10(16)5-3-9)19-14(18-8)11-6-22-7-17-11/h2-7,13H,1H3,(H,18,19)(H,20,21). The summed E-state index contributed by atoms with van der Waals surface area (Å²) in [7, 11) is 0. The van der Waals surface area contributed by atoms with Crippen LogP contribution in [-0.4, -0.2) is 21.9 Å². The first-order valence-electron chi connectivity index (χ1n) is 6.49. The van der Waals surface area contributed by atoms with Crippen LogP contribution >= 0.6 is 22.9 Å². The number of hydrogen-bond donors (Lipinski definition) is 2. The molecule has 0 spiro atoms. The molecule has 3 rings (SSSR count). The van der Waals surface area contributed by atoms with Crippen LogP contribution < -0.4 is 5.32 Å². The van der Waals surface area contributed by atoms with Gasteiger partial charge in [-0.15, -0.1) is 11.3 Å². The Morgan fingerprint density at radius 2 is 2.09 bits per heavy atom. The largest absolute Gasteiger partial charge is 0.478 e. The van der Waals surface area contributed by atoms with E-state index in [1.807, 2.05) is 5.38 Å². The van der Waals surface area contributed by atoms with Crippen LogP contribution in [0.25, 0.3) is 0 Å². The molecule has 0 bridgehead atoms. The zero-order valence-corrected chi connectivity index (χ0v) is 13.1. The summed E-state index contributed by atoms with van der Waals surface area (Å²) < 4.78 is 0. The summed E-state index contributed by atoms with van der Waals surface area (Å²) in [6.45, 7) is 1.73. The van der Waals surface area contributed by atoms with Gasteiger partial charge in [0.25, 0.3) is 0 Å². The van der Waals surface area contributed by atoms with Crippen LogP contribution in [0.1, 0.15) is 24.2 Å². The number of rotatable bonds is 3. The average molecular weight is 334 g/mol. The normalized spacial score (nSPS) is 17.9. The minimum atomic E-state index is -0.994. The summed E-state index contributed by atoms with van der Waals surface area (Å²) in [5, 5.41) is 15.0. The van der Waals surface area contributed by atoms with E-state index in [9.17, 15) is 9.90 Å². The Morgan fingerprint density at radius 3 is 2.68 bits per heavy atom. The monoisotopic (exact) mass is 333 g/mol. The molecule has 1 aliphatic heterocycles. The summed E-state index contributed by atoms with van der Waals surface area (Å²) in [6.07, 6.45) is 0. The van der Waals surface area contributed by atoms with Crippen molar-refractivity contribution in [3.05, 3.63) is 62.7 Å². The van der Waals surface area contributed by atoms with Crippen LogP contribution in [0.4, 0.5) is 0 Å². The Labute approximate surface area is 136 Å². The fourth-order valence-corrected chi connectivity index (χ4v) is 2.96. The molecule has 0 saturated carbocycles. The van der Waals surface area contributed by atoms with Crippen molar-refractivity contribution in [3.8, 4) is 0 Å². The fraction of sp³-hybridized carbons (Fsp3) is 0.133. The Hall–Kier alpha value is -2.18. The van der Waals surface area contributed by atoms with Gasteiger partial charge in [0.1, 0.15) is 11.7 Å². The lowest BCUT2D eigenvalue weighted by molar-refractivity contribution is -0.133. The number of halogens is 1. The molecule has 1 atom stereocenters. The minimum absolute atomic E-state index is 0.223.